The first-order valence-electron chi connectivity index (χ1n) is 6.01. The van der Waals surface area contributed by atoms with Crippen LogP contribution >= 0.6 is 11.8 Å². The lowest BCUT2D eigenvalue weighted by atomic mass is 10.1. The highest BCUT2D eigenvalue weighted by Crippen LogP contribution is 2.11. The third-order valence-corrected chi connectivity index (χ3v) is 3.55. The molecule has 0 bridgehead atoms. The van der Waals surface area contributed by atoms with Crippen LogP contribution in [0.1, 0.15) is 18.5 Å². The van der Waals surface area contributed by atoms with Crippen LogP contribution in [0, 0.1) is 0 Å². The summed E-state index contributed by atoms with van der Waals surface area (Å²) < 4.78 is 0. The molecule has 1 aliphatic heterocycles. The molecular formula is C13H15N3O2S. The topological polar surface area (TPSA) is 70.6 Å². The summed E-state index contributed by atoms with van der Waals surface area (Å²) in [5, 5.41) is 5.67. The van der Waals surface area contributed by atoms with E-state index in [1.807, 2.05) is 37.3 Å². The molecule has 1 aromatic carbocycles. The van der Waals surface area contributed by atoms with Crippen LogP contribution in [0.2, 0.25) is 0 Å². The van der Waals surface area contributed by atoms with Gasteiger partial charge >= 0.3 is 11.8 Å². The number of nitrogens with one attached hydrogen (secondary N) is 2. The zero-order valence-electron chi connectivity index (χ0n) is 10.6. The van der Waals surface area contributed by atoms with Crippen LogP contribution in [0.4, 0.5) is 0 Å². The van der Waals surface area contributed by atoms with Crippen molar-refractivity contribution in [3.05, 3.63) is 35.9 Å². The van der Waals surface area contributed by atoms with Gasteiger partial charge in [-0.25, -0.2) is 0 Å². The average Bonchev–Trinajstić information content (AvgIpc) is 2.92. The number of hydrogen-bond donors (Lipinski definition) is 2. The standard InChI is InChI=1S/C13H15N3O2S/c1-9(10-5-3-2-4-6-10)15-11(17)12(18)16-13-14-7-8-19-13/h2-6,9H,7-8H2,1H3,(H,15,17)(H,14,16,18). The van der Waals surface area contributed by atoms with E-state index in [1.54, 1.807) is 0 Å². The Balaban J connectivity index is 1.88. The molecule has 0 radical (unpaired) electrons. The van der Waals surface area contributed by atoms with E-state index >= 15 is 0 Å². The Bertz CT molecular complexity index is 502. The first kappa shape index (κ1) is 13.6. The van der Waals surface area contributed by atoms with E-state index in [0.29, 0.717) is 11.7 Å². The van der Waals surface area contributed by atoms with Gasteiger partial charge in [-0.2, -0.15) is 0 Å². The molecule has 1 unspecified atom stereocenters. The highest BCUT2D eigenvalue weighted by atomic mass is 32.2. The van der Waals surface area contributed by atoms with Crippen molar-refractivity contribution in [1.82, 2.24) is 10.6 Å². The van der Waals surface area contributed by atoms with Crippen molar-refractivity contribution < 1.29 is 9.59 Å². The number of carbonyl (C=O) groups is 2. The second kappa shape index (κ2) is 6.38. The Labute approximate surface area is 115 Å². The zero-order valence-corrected chi connectivity index (χ0v) is 11.4. The summed E-state index contributed by atoms with van der Waals surface area (Å²) in [7, 11) is 0. The Kier molecular flexibility index (Phi) is 4.57. The summed E-state index contributed by atoms with van der Waals surface area (Å²) in [5.41, 5.74) is 0.955. The molecule has 0 saturated carbocycles. The molecule has 1 aromatic rings. The Hall–Kier alpha value is -1.82. The molecule has 2 rings (SSSR count). The summed E-state index contributed by atoms with van der Waals surface area (Å²) in [5.74, 6) is -0.472. The van der Waals surface area contributed by atoms with Crippen molar-refractivity contribution in [3.63, 3.8) is 0 Å². The predicted octanol–water partition coefficient (Wildman–Crippen LogP) is 1.08. The van der Waals surface area contributed by atoms with Gasteiger partial charge < -0.3 is 5.32 Å². The quantitative estimate of drug-likeness (QED) is 0.795. The molecule has 1 heterocycles. The first-order chi connectivity index (χ1) is 9.16. The molecule has 5 nitrogen and oxygen atoms in total. The normalized spacial score (nSPS) is 15.5. The SMILES string of the molecule is CC(NC(=O)C(=O)NC1=NCCS1)c1ccccc1. The van der Waals surface area contributed by atoms with Crippen molar-refractivity contribution in [3.8, 4) is 0 Å². The lowest BCUT2D eigenvalue weighted by Crippen LogP contribution is -2.42. The fourth-order valence-electron chi connectivity index (χ4n) is 1.65. The molecule has 0 aromatic heterocycles. The maximum atomic E-state index is 11.7. The summed E-state index contributed by atoms with van der Waals surface area (Å²) in [4.78, 5) is 27.4. The number of hydrogen-bond acceptors (Lipinski definition) is 4. The van der Waals surface area contributed by atoms with Crippen molar-refractivity contribution in [2.75, 3.05) is 12.3 Å². The molecule has 2 amide bonds. The van der Waals surface area contributed by atoms with E-state index in [9.17, 15) is 9.59 Å². The van der Waals surface area contributed by atoms with Gasteiger partial charge in [0.1, 0.15) is 0 Å². The minimum atomic E-state index is -0.670. The maximum Gasteiger partial charge on any atom is 0.315 e. The number of amidine groups is 1. The number of thioether (sulfide) groups is 1. The molecule has 0 spiro atoms. The van der Waals surface area contributed by atoms with Crippen molar-refractivity contribution in [2.45, 2.75) is 13.0 Å². The lowest BCUT2D eigenvalue weighted by Gasteiger charge is -2.13. The van der Waals surface area contributed by atoms with E-state index in [-0.39, 0.29) is 6.04 Å². The number of nitrogens with zero attached hydrogens (tertiary/aromatic N) is 1. The molecular weight excluding hydrogens is 262 g/mol. The van der Waals surface area contributed by atoms with Crippen LogP contribution in [0.25, 0.3) is 0 Å². The van der Waals surface area contributed by atoms with Crippen LogP contribution in [-0.4, -0.2) is 29.3 Å². The van der Waals surface area contributed by atoms with Crippen LogP contribution in [0.3, 0.4) is 0 Å². The molecule has 1 atom stereocenters. The third kappa shape index (κ3) is 3.82. The van der Waals surface area contributed by atoms with Crippen LogP contribution < -0.4 is 10.6 Å². The van der Waals surface area contributed by atoms with Gasteiger partial charge in [-0.05, 0) is 12.5 Å². The highest BCUT2D eigenvalue weighted by Gasteiger charge is 2.19. The zero-order chi connectivity index (χ0) is 13.7. The fraction of sp³-hybridized carbons (Fsp3) is 0.308. The summed E-state index contributed by atoms with van der Waals surface area (Å²) in [6.07, 6.45) is 0. The largest absolute Gasteiger partial charge is 0.341 e. The molecule has 2 N–H and O–H groups in total. The molecule has 0 fully saturated rings. The van der Waals surface area contributed by atoms with Gasteiger partial charge in [0, 0.05) is 5.75 Å². The predicted molar refractivity (Wildman–Crippen MR) is 75.9 cm³/mol. The summed E-state index contributed by atoms with van der Waals surface area (Å²) in [6, 6.07) is 9.28. The molecule has 1 aliphatic rings. The van der Waals surface area contributed by atoms with Crippen LogP contribution in [0.15, 0.2) is 35.3 Å². The average molecular weight is 277 g/mol. The van der Waals surface area contributed by atoms with E-state index in [4.69, 9.17) is 0 Å². The monoisotopic (exact) mass is 277 g/mol. The van der Waals surface area contributed by atoms with Crippen molar-refractivity contribution in [1.29, 1.82) is 0 Å². The third-order valence-electron chi connectivity index (χ3n) is 2.66. The van der Waals surface area contributed by atoms with E-state index < -0.39 is 11.8 Å². The molecule has 0 saturated heterocycles. The second-order valence-corrected chi connectivity index (χ2v) is 5.18. The number of rotatable bonds is 2. The maximum absolute atomic E-state index is 11.7. The van der Waals surface area contributed by atoms with E-state index in [0.717, 1.165) is 11.3 Å². The van der Waals surface area contributed by atoms with E-state index in [2.05, 4.69) is 15.6 Å². The van der Waals surface area contributed by atoms with Gasteiger partial charge in [0.05, 0.1) is 12.6 Å². The van der Waals surface area contributed by atoms with Gasteiger partial charge in [-0.3, -0.25) is 19.9 Å². The molecule has 0 aliphatic carbocycles. The fourth-order valence-corrected chi connectivity index (χ4v) is 2.38. The van der Waals surface area contributed by atoms with Gasteiger partial charge in [0.15, 0.2) is 5.17 Å². The molecule has 6 heteroatoms. The van der Waals surface area contributed by atoms with Gasteiger partial charge in [0.25, 0.3) is 0 Å². The van der Waals surface area contributed by atoms with Gasteiger partial charge in [-0.1, -0.05) is 42.1 Å². The Morgan fingerprint density at radius 1 is 1.26 bits per heavy atom. The van der Waals surface area contributed by atoms with Crippen LogP contribution in [0.5, 0.6) is 0 Å². The number of amides is 2. The number of carbonyl (C=O) groups excluding carboxylic acids is 2. The Morgan fingerprint density at radius 2 is 2.00 bits per heavy atom. The minimum Gasteiger partial charge on any atom is -0.341 e. The number of benzene rings is 1. The second-order valence-electron chi connectivity index (χ2n) is 4.10. The van der Waals surface area contributed by atoms with Crippen molar-refractivity contribution in [2.24, 2.45) is 4.99 Å². The van der Waals surface area contributed by atoms with Crippen molar-refractivity contribution >= 4 is 28.7 Å². The summed E-state index contributed by atoms with van der Waals surface area (Å²) in [6.45, 7) is 2.52. The molecule has 19 heavy (non-hydrogen) atoms. The number of aliphatic imine (C=N–C) groups is 1. The first-order valence-corrected chi connectivity index (χ1v) is 6.99. The van der Waals surface area contributed by atoms with Gasteiger partial charge in [-0.15, -0.1) is 0 Å². The van der Waals surface area contributed by atoms with Gasteiger partial charge in [0.2, 0.25) is 0 Å². The van der Waals surface area contributed by atoms with E-state index in [1.165, 1.54) is 11.8 Å². The smallest absolute Gasteiger partial charge is 0.315 e. The minimum absolute atomic E-state index is 0.211. The lowest BCUT2D eigenvalue weighted by molar-refractivity contribution is -0.138. The Morgan fingerprint density at radius 3 is 2.63 bits per heavy atom. The van der Waals surface area contributed by atoms with Crippen LogP contribution in [-0.2, 0) is 9.59 Å². The summed E-state index contributed by atoms with van der Waals surface area (Å²) >= 11 is 1.44. The molecule has 100 valence electrons. The highest BCUT2D eigenvalue weighted by molar-refractivity contribution is 8.14.